The lowest BCUT2D eigenvalue weighted by molar-refractivity contribution is -0.157. The van der Waals surface area contributed by atoms with Crippen LogP contribution >= 0.6 is 0 Å². The first-order valence-corrected chi connectivity index (χ1v) is 8.20. The number of carbonyl (C=O) groups is 4. The molecule has 0 saturated heterocycles. The Hall–Kier alpha value is -2.32. The van der Waals surface area contributed by atoms with Crippen LogP contribution in [0, 0.1) is 0 Å². The van der Waals surface area contributed by atoms with Gasteiger partial charge in [0.05, 0.1) is 12.8 Å². The number of hydrogen-bond donors (Lipinski definition) is 2. The molecule has 26 heavy (non-hydrogen) atoms. The highest BCUT2D eigenvalue weighted by molar-refractivity contribution is 5.77. The van der Waals surface area contributed by atoms with Gasteiger partial charge in [0, 0.05) is 6.54 Å². The Morgan fingerprint density at radius 1 is 0.808 bits per heavy atom. The van der Waals surface area contributed by atoms with Gasteiger partial charge in [0.25, 0.3) is 0 Å². The van der Waals surface area contributed by atoms with Gasteiger partial charge in [-0.2, -0.15) is 0 Å². The average molecular weight is 377 g/mol. The summed E-state index contributed by atoms with van der Waals surface area (Å²) in [5.41, 5.74) is -1.13. The second-order valence-electron chi connectivity index (χ2n) is 7.37. The molecule has 0 atom stereocenters. The zero-order chi connectivity index (χ0) is 21.1. The maximum Gasteiger partial charge on any atom is 0.410 e. The summed E-state index contributed by atoms with van der Waals surface area (Å²) in [6.45, 7) is 12.1. The third-order valence-electron chi connectivity index (χ3n) is 2.32. The molecule has 152 valence electrons. The summed E-state index contributed by atoms with van der Waals surface area (Å²) in [7, 11) is 0. The third kappa shape index (κ3) is 18.0. The van der Waals surface area contributed by atoms with Crippen molar-refractivity contribution in [1.82, 2.24) is 4.90 Å². The molecular formula is C17H31NO8. The van der Waals surface area contributed by atoms with Gasteiger partial charge in [0.2, 0.25) is 0 Å². The van der Waals surface area contributed by atoms with Crippen LogP contribution in [-0.4, -0.2) is 63.4 Å². The SMILES string of the molecule is CC(C)(C)OC(=O)CCC(=O)O.CCN(CC(=O)O)C(=O)OC(C)(C)C. The van der Waals surface area contributed by atoms with E-state index in [4.69, 9.17) is 19.7 Å². The monoisotopic (exact) mass is 377 g/mol. The molecule has 0 aromatic carbocycles. The van der Waals surface area contributed by atoms with Crippen molar-refractivity contribution in [2.24, 2.45) is 0 Å². The first-order chi connectivity index (χ1) is 11.6. The molecule has 0 spiro atoms. The van der Waals surface area contributed by atoms with Crippen molar-refractivity contribution < 1.29 is 38.9 Å². The van der Waals surface area contributed by atoms with E-state index in [2.05, 4.69) is 0 Å². The first-order valence-electron chi connectivity index (χ1n) is 8.20. The van der Waals surface area contributed by atoms with E-state index in [-0.39, 0.29) is 19.4 Å². The summed E-state index contributed by atoms with van der Waals surface area (Å²) in [6.07, 6.45) is -0.830. The molecule has 0 rings (SSSR count). The molecule has 9 nitrogen and oxygen atoms in total. The number of aliphatic carboxylic acids is 2. The summed E-state index contributed by atoms with van der Waals surface area (Å²) in [4.78, 5) is 43.8. The summed E-state index contributed by atoms with van der Waals surface area (Å²) in [5.74, 6) is -2.50. The molecule has 0 aliphatic carbocycles. The van der Waals surface area contributed by atoms with Crippen LogP contribution in [0.1, 0.15) is 61.3 Å². The lowest BCUT2D eigenvalue weighted by Crippen LogP contribution is -2.39. The number of carbonyl (C=O) groups excluding carboxylic acids is 2. The molecule has 0 fully saturated rings. The number of carboxylic acid groups (broad SMARTS) is 2. The molecule has 0 aliphatic heterocycles. The van der Waals surface area contributed by atoms with Gasteiger partial charge < -0.3 is 19.7 Å². The quantitative estimate of drug-likeness (QED) is 0.675. The molecule has 1 amide bonds. The Morgan fingerprint density at radius 3 is 1.58 bits per heavy atom. The molecule has 0 aromatic heterocycles. The van der Waals surface area contributed by atoms with Crippen molar-refractivity contribution >= 4 is 24.0 Å². The predicted octanol–water partition coefficient (Wildman–Crippen LogP) is 2.52. The highest BCUT2D eigenvalue weighted by Crippen LogP contribution is 2.10. The van der Waals surface area contributed by atoms with E-state index in [0.29, 0.717) is 6.54 Å². The van der Waals surface area contributed by atoms with Crippen molar-refractivity contribution in [1.29, 1.82) is 0 Å². The van der Waals surface area contributed by atoms with Crippen LogP contribution in [0.3, 0.4) is 0 Å². The van der Waals surface area contributed by atoms with Crippen molar-refractivity contribution in [2.75, 3.05) is 13.1 Å². The Labute approximate surface area is 154 Å². The molecule has 0 saturated carbocycles. The number of ether oxygens (including phenoxy) is 2. The molecule has 0 radical (unpaired) electrons. The summed E-state index contributed by atoms with van der Waals surface area (Å²) in [6, 6.07) is 0. The van der Waals surface area contributed by atoms with Crippen molar-refractivity contribution in [3.05, 3.63) is 0 Å². The number of esters is 1. The van der Waals surface area contributed by atoms with Gasteiger partial charge in [-0.3, -0.25) is 19.3 Å². The van der Waals surface area contributed by atoms with Crippen LogP contribution in [0.15, 0.2) is 0 Å². The summed E-state index contributed by atoms with van der Waals surface area (Å²) >= 11 is 0. The van der Waals surface area contributed by atoms with Crippen molar-refractivity contribution in [3.63, 3.8) is 0 Å². The number of carboxylic acids is 2. The fraction of sp³-hybridized carbons (Fsp3) is 0.765. The number of hydrogen-bond acceptors (Lipinski definition) is 6. The minimum atomic E-state index is -1.04. The minimum Gasteiger partial charge on any atom is -0.481 e. The van der Waals surface area contributed by atoms with Gasteiger partial charge >= 0.3 is 24.0 Å². The number of likely N-dealkylation sites (N-methyl/N-ethyl adjacent to an activating group) is 1. The first kappa shape index (κ1) is 25.9. The number of nitrogens with zero attached hydrogens (tertiary/aromatic N) is 1. The molecule has 2 N–H and O–H groups in total. The van der Waals surface area contributed by atoms with Gasteiger partial charge in [0.1, 0.15) is 17.7 Å². The molecule has 0 unspecified atom stereocenters. The number of amides is 1. The zero-order valence-corrected chi connectivity index (χ0v) is 16.6. The van der Waals surface area contributed by atoms with Crippen LogP contribution in [0.5, 0.6) is 0 Å². The fourth-order valence-electron chi connectivity index (χ4n) is 1.40. The van der Waals surface area contributed by atoms with E-state index in [1.807, 2.05) is 0 Å². The second kappa shape index (κ2) is 11.3. The molecule has 0 heterocycles. The van der Waals surface area contributed by atoms with E-state index >= 15 is 0 Å². The van der Waals surface area contributed by atoms with Crippen LogP contribution in [0.2, 0.25) is 0 Å². The van der Waals surface area contributed by atoms with Crippen LogP contribution in [0.25, 0.3) is 0 Å². The Balaban J connectivity index is 0. The summed E-state index contributed by atoms with van der Waals surface area (Å²) in [5, 5.41) is 16.8. The lowest BCUT2D eigenvalue weighted by Gasteiger charge is -2.25. The Kier molecular flexibility index (Phi) is 11.3. The molecule has 0 aliphatic rings. The van der Waals surface area contributed by atoms with E-state index in [1.54, 1.807) is 48.5 Å². The fourth-order valence-corrected chi connectivity index (χ4v) is 1.40. The third-order valence-corrected chi connectivity index (χ3v) is 2.32. The van der Waals surface area contributed by atoms with Crippen molar-refractivity contribution in [3.8, 4) is 0 Å². The largest absolute Gasteiger partial charge is 0.481 e. The van der Waals surface area contributed by atoms with Crippen LogP contribution in [-0.2, 0) is 23.9 Å². The molecule has 9 heteroatoms. The highest BCUT2D eigenvalue weighted by atomic mass is 16.6. The predicted molar refractivity (Wildman–Crippen MR) is 93.8 cm³/mol. The molecule has 0 bridgehead atoms. The normalized spacial score (nSPS) is 10.9. The van der Waals surface area contributed by atoms with Crippen LogP contribution in [0.4, 0.5) is 4.79 Å². The van der Waals surface area contributed by atoms with Gasteiger partial charge in [-0.1, -0.05) is 0 Å². The van der Waals surface area contributed by atoms with Gasteiger partial charge in [-0.25, -0.2) is 4.79 Å². The van der Waals surface area contributed by atoms with Crippen molar-refractivity contribution in [2.45, 2.75) is 72.5 Å². The standard InChI is InChI=1S/C9H17NO4.C8H14O4/c1-5-10(6-7(11)12)8(13)14-9(2,3)4;1-8(2,3)12-7(11)5-4-6(9)10/h5-6H2,1-4H3,(H,11,12);4-5H2,1-3H3,(H,9,10). The van der Waals surface area contributed by atoms with E-state index in [9.17, 15) is 19.2 Å². The van der Waals surface area contributed by atoms with Crippen LogP contribution < -0.4 is 0 Å². The van der Waals surface area contributed by atoms with E-state index in [0.717, 1.165) is 4.90 Å². The van der Waals surface area contributed by atoms with E-state index in [1.165, 1.54) is 0 Å². The summed E-state index contributed by atoms with van der Waals surface area (Å²) < 4.78 is 9.90. The van der Waals surface area contributed by atoms with Gasteiger partial charge in [-0.15, -0.1) is 0 Å². The van der Waals surface area contributed by atoms with Gasteiger partial charge in [0.15, 0.2) is 0 Å². The number of rotatable bonds is 6. The average Bonchev–Trinajstić information content (AvgIpc) is 2.39. The Morgan fingerprint density at radius 2 is 1.27 bits per heavy atom. The smallest absolute Gasteiger partial charge is 0.410 e. The van der Waals surface area contributed by atoms with E-state index < -0.39 is 35.2 Å². The zero-order valence-electron chi connectivity index (χ0n) is 16.6. The maximum atomic E-state index is 11.4. The highest BCUT2D eigenvalue weighted by Gasteiger charge is 2.22. The molecular weight excluding hydrogens is 346 g/mol. The minimum absolute atomic E-state index is 0.0629. The Bertz CT molecular complexity index is 488. The second-order valence-corrected chi connectivity index (χ2v) is 7.37. The lowest BCUT2D eigenvalue weighted by atomic mass is 10.2. The molecule has 0 aromatic rings. The van der Waals surface area contributed by atoms with Gasteiger partial charge in [-0.05, 0) is 48.5 Å². The maximum absolute atomic E-state index is 11.4. The topological polar surface area (TPSA) is 130 Å².